The summed E-state index contributed by atoms with van der Waals surface area (Å²) < 4.78 is 10.8. The summed E-state index contributed by atoms with van der Waals surface area (Å²) >= 11 is 1.34. The summed E-state index contributed by atoms with van der Waals surface area (Å²) in [6.45, 7) is 2.36. The van der Waals surface area contributed by atoms with E-state index in [1.165, 1.54) is 23.5 Å². The van der Waals surface area contributed by atoms with E-state index in [4.69, 9.17) is 9.47 Å². The Balaban J connectivity index is 1.57. The second-order valence-electron chi connectivity index (χ2n) is 6.25. The van der Waals surface area contributed by atoms with Crippen LogP contribution in [0.25, 0.3) is 0 Å². The number of aromatic nitrogens is 1. The van der Waals surface area contributed by atoms with E-state index in [0.717, 1.165) is 11.1 Å². The first kappa shape index (κ1) is 21.9. The Kier molecular flexibility index (Phi) is 7.66. The van der Waals surface area contributed by atoms with Gasteiger partial charge in [-0.2, -0.15) is 5.10 Å². The number of carbonyl (C=O) groups is 1. The topological polar surface area (TPSA) is 116 Å². The number of thiazole rings is 1. The minimum Gasteiger partial charge on any atom is -0.488 e. The monoisotopic (exact) mass is 440 g/mol. The number of hydrogen-bond donors (Lipinski definition) is 1. The van der Waals surface area contributed by atoms with Crippen LogP contribution in [0.5, 0.6) is 5.75 Å². The van der Waals surface area contributed by atoms with E-state index in [9.17, 15) is 14.9 Å². The average Bonchev–Trinajstić information content (AvgIpc) is 3.20. The maximum atomic E-state index is 11.5. The lowest BCUT2D eigenvalue weighted by molar-refractivity contribution is -0.384. The van der Waals surface area contributed by atoms with E-state index < -0.39 is 4.92 Å². The lowest BCUT2D eigenvalue weighted by Crippen LogP contribution is -2.07. The van der Waals surface area contributed by atoms with E-state index in [1.807, 2.05) is 24.3 Å². The van der Waals surface area contributed by atoms with Crippen LogP contribution in [0.15, 0.2) is 59.0 Å². The molecule has 3 aromatic rings. The quantitative estimate of drug-likeness (QED) is 0.217. The van der Waals surface area contributed by atoms with Crippen LogP contribution in [0.2, 0.25) is 0 Å². The zero-order valence-electron chi connectivity index (χ0n) is 16.7. The molecule has 1 aromatic heterocycles. The minimum absolute atomic E-state index is 0.0370. The minimum atomic E-state index is -0.439. The van der Waals surface area contributed by atoms with Crippen LogP contribution in [-0.4, -0.2) is 28.7 Å². The van der Waals surface area contributed by atoms with Crippen molar-refractivity contribution < 1.29 is 19.2 Å². The predicted octanol–water partition coefficient (Wildman–Crippen LogP) is 4.18. The average molecular weight is 440 g/mol. The number of nitro benzene ring substituents is 1. The third-order valence-corrected chi connectivity index (χ3v) is 4.80. The number of nitrogens with one attached hydrogen (secondary N) is 1. The molecule has 0 unspecified atom stereocenters. The van der Waals surface area contributed by atoms with E-state index >= 15 is 0 Å². The summed E-state index contributed by atoms with van der Waals surface area (Å²) in [6.07, 6.45) is 1.73. The Bertz CT molecular complexity index is 1070. The fourth-order valence-corrected chi connectivity index (χ4v) is 3.21. The Labute approximate surface area is 182 Å². The van der Waals surface area contributed by atoms with Crippen molar-refractivity contribution in [3.8, 4) is 5.75 Å². The number of para-hydroxylation sites is 1. The summed E-state index contributed by atoms with van der Waals surface area (Å²) in [5.41, 5.74) is 5.06. The molecule has 0 aliphatic carbocycles. The van der Waals surface area contributed by atoms with Gasteiger partial charge in [0.1, 0.15) is 12.4 Å². The van der Waals surface area contributed by atoms with Gasteiger partial charge in [-0.25, -0.2) is 4.98 Å². The molecule has 0 aliphatic rings. The van der Waals surface area contributed by atoms with Crippen molar-refractivity contribution in [2.45, 2.75) is 20.0 Å². The highest BCUT2D eigenvalue weighted by atomic mass is 32.1. The van der Waals surface area contributed by atoms with E-state index in [-0.39, 0.29) is 24.7 Å². The Morgan fingerprint density at radius 3 is 2.77 bits per heavy atom. The highest BCUT2D eigenvalue weighted by Crippen LogP contribution is 2.20. The number of nitro groups is 1. The molecule has 10 heteroatoms. The van der Waals surface area contributed by atoms with Gasteiger partial charge in [-0.1, -0.05) is 12.1 Å². The third kappa shape index (κ3) is 6.61. The zero-order chi connectivity index (χ0) is 22.1. The van der Waals surface area contributed by atoms with Crippen molar-refractivity contribution in [3.05, 3.63) is 80.8 Å². The highest BCUT2D eigenvalue weighted by Gasteiger charge is 2.08. The van der Waals surface area contributed by atoms with Crippen molar-refractivity contribution in [1.82, 2.24) is 4.98 Å². The van der Waals surface area contributed by atoms with Gasteiger partial charge in [-0.15, -0.1) is 11.3 Å². The van der Waals surface area contributed by atoms with Crippen molar-refractivity contribution >= 4 is 34.3 Å². The molecule has 1 heterocycles. The molecule has 0 spiro atoms. The number of esters is 1. The van der Waals surface area contributed by atoms with Gasteiger partial charge >= 0.3 is 5.97 Å². The normalized spacial score (nSPS) is 10.7. The zero-order valence-corrected chi connectivity index (χ0v) is 17.5. The first-order valence-electron chi connectivity index (χ1n) is 9.39. The van der Waals surface area contributed by atoms with Crippen molar-refractivity contribution in [1.29, 1.82) is 0 Å². The summed E-state index contributed by atoms with van der Waals surface area (Å²) in [5, 5.41) is 17.3. The fraction of sp³-hybridized carbons (Fsp3) is 0.190. The lowest BCUT2D eigenvalue weighted by atomic mass is 10.2. The maximum absolute atomic E-state index is 11.5. The summed E-state index contributed by atoms with van der Waals surface area (Å²) in [7, 11) is 0. The third-order valence-electron chi connectivity index (χ3n) is 4.01. The molecular weight excluding hydrogens is 420 g/mol. The van der Waals surface area contributed by atoms with Gasteiger partial charge in [0.05, 0.1) is 29.9 Å². The van der Waals surface area contributed by atoms with Gasteiger partial charge < -0.3 is 9.47 Å². The lowest BCUT2D eigenvalue weighted by Gasteiger charge is -2.09. The van der Waals surface area contributed by atoms with Crippen molar-refractivity contribution in [2.24, 2.45) is 5.10 Å². The molecule has 2 aromatic carbocycles. The molecule has 9 nitrogen and oxygen atoms in total. The number of ether oxygens (including phenoxy) is 2. The largest absolute Gasteiger partial charge is 0.488 e. The van der Waals surface area contributed by atoms with Crippen LogP contribution in [-0.2, 0) is 22.6 Å². The number of non-ortho nitro benzene ring substituents is 1. The Morgan fingerprint density at radius 2 is 2.03 bits per heavy atom. The van der Waals surface area contributed by atoms with Gasteiger partial charge in [0.2, 0.25) is 5.13 Å². The van der Waals surface area contributed by atoms with Crippen LogP contribution in [0.4, 0.5) is 10.8 Å². The molecule has 31 heavy (non-hydrogen) atoms. The van der Waals surface area contributed by atoms with Crippen LogP contribution in [0.1, 0.15) is 23.7 Å². The molecular formula is C21H20N4O5S. The van der Waals surface area contributed by atoms with Crippen LogP contribution in [0.3, 0.4) is 0 Å². The number of carbonyl (C=O) groups excluding carboxylic acids is 1. The second kappa shape index (κ2) is 10.8. The summed E-state index contributed by atoms with van der Waals surface area (Å²) in [5.74, 6) is 0.301. The summed E-state index contributed by atoms with van der Waals surface area (Å²) in [6, 6.07) is 13.6. The molecule has 1 N–H and O–H groups in total. The fourth-order valence-electron chi connectivity index (χ4n) is 2.55. The van der Waals surface area contributed by atoms with E-state index in [2.05, 4.69) is 15.5 Å². The van der Waals surface area contributed by atoms with Crippen LogP contribution < -0.4 is 10.2 Å². The van der Waals surface area contributed by atoms with Crippen LogP contribution >= 0.6 is 11.3 Å². The molecule has 0 atom stereocenters. The van der Waals surface area contributed by atoms with Crippen molar-refractivity contribution in [3.63, 3.8) is 0 Å². The van der Waals surface area contributed by atoms with Gasteiger partial charge in [0.15, 0.2) is 0 Å². The van der Waals surface area contributed by atoms with Gasteiger partial charge in [-0.3, -0.25) is 20.3 Å². The molecule has 0 saturated heterocycles. The smallest absolute Gasteiger partial charge is 0.311 e. The van der Waals surface area contributed by atoms with Gasteiger partial charge in [-0.05, 0) is 36.8 Å². The van der Waals surface area contributed by atoms with E-state index in [0.29, 0.717) is 23.2 Å². The number of benzene rings is 2. The predicted molar refractivity (Wildman–Crippen MR) is 118 cm³/mol. The van der Waals surface area contributed by atoms with Gasteiger partial charge in [0.25, 0.3) is 5.69 Å². The van der Waals surface area contributed by atoms with Gasteiger partial charge in [0, 0.05) is 23.1 Å². The maximum Gasteiger partial charge on any atom is 0.311 e. The molecule has 160 valence electrons. The SMILES string of the molecule is CCOC(=O)Cc1csc(NN=Cc2ccccc2OCc2ccc([N+](=O)[O-])cc2)n1. The first-order chi connectivity index (χ1) is 15.0. The number of anilines is 1. The second-order valence-corrected chi connectivity index (χ2v) is 7.10. The standard InChI is InChI=1S/C21H20N4O5S/c1-2-29-20(26)11-17-14-31-21(23-17)24-22-12-16-5-3-4-6-19(16)30-13-15-7-9-18(10-8-15)25(27)28/h3-10,12,14H,2,11,13H2,1H3,(H,23,24). The highest BCUT2D eigenvalue weighted by molar-refractivity contribution is 7.13. The first-order valence-corrected chi connectivity index (χ1v) is 10.3. The van der Waals surface area contributed by atoms with Crippen LogP contribution in [0, 0.1) is 10.1 Å². The molecule has 0 amide bonds. The number of hydrogen-bond acceptors (Lipinski definition) is 9. The summed E-state index contributed by atoms with van der Waals surface area (Å²) in [4.78, 5) is 26.1. The number of nitrogens with zero attached hydrogens (tertiary/aromatic N) is 3. The Hall–Kier alpha value is -3.79. The Morgan fingerprint density at radius 1 is 1.26 bits per heavy atom. The number of rotatable bonds is 10. The molecule has 0 fully saturated rings. The molecule has 0 saturated carbocycles. The number of hydrazone groups is 1. The van der Waals surface area contributed by atoms with E-state index in [1.54, 1.807) is 30.7 Å². The molecule has 0 bridgehead atoms. The molecule has 3 rings (SSSR count). The van der Waals surface area contributed by atoms with Crippen molar-refractivity contribution in [2.75, 3.05) is 12.0 Å². The molecule has 0 aliphatic heterocycles. The molecule has 0 radical (unpaired) electrons.